The predicted octanol–water partition coefficient (Wildman–Crippen LogP) is 2.91. The summed E-state index contributed by atoms with van der Waals surface area (Å²) < 4.78 is 13.0. The van der Waals surface area contributed by atoms with Crippen LogP contribution < -0.4 is 5.73 Å². The highest BCUT2D eigenvalue weighted by Gasteiger charge is 2.40. The lowest BCUT2D eigenvalue weighted by Crippen LogP contribution is -2.58. The fourth-order valence-electron chi connectivity index (χ4n) is 3.94. The fraction of sp³-hybridized carbons (Fsp3) is 0.579. The van der Waals surface area contributed by atoms with E-state index in [4.69, 9.17) is 5.73 Å². The molecule has 2 aliphatic rings. The molecule has 4 nitrogen and oxygen atoms in total. The number of nitrogens with zero attached hydrogens (tertiary/aromatic N) is 1. The Morgan fingerprint density at radius 1 is 1.08 bits per heavy atom. The third kappa shape index (κ3) is 3.51. The van der Waals surface area contributed by atoms with Crippen LogP contribution in [0.2, 0.25) is 0 Å². The molecule has 0 aromatic heterocycles. The molecule has 5 heteroatoms. The van der Waals surface area contributed by atoms with E-state index in [0.717, 1.165) is 44.9 Å². The Balaban J connectivity index is 1.68. The summed E-state index contributed by atoms with van der Waals surface area (Å²) in [5, 5.41) is 0. The van der Waals surface area contributed by atoms with Crippen molar-refractivity contribution in [2.45, 2.75) is 50.5 Å². The number of halogens is 1. The predicted molar refractivity (Wildman–Crippen MR) is 90.0 cm³/mol. The molecule has 2 fully saturated rings. The minimum Gasteiger partial charge on any atom is -0.340 e. The van der Waals surface area contributed by atoms with E-state index in [2.05, 4.69) is 0 Å². The number of ketones is 1. The van der Waals surface area contributed by atoms with Gasteiger partial charge in [-0.3, -0.25) is 9.59 Å². The number of amides is 1. The molecule has 1 saturated heterocycles. The first kappa shape index (κ1) is 17.1. The molecule has 0 radical (unpaired) electrons. The highest BCUT2D eigenvalue weighted by molar-refractivity contribution is 5.98. The van der Waals surface area contributed by atoms with Crippen LogP contribution >= 0.6 is 0 Å². The van der Waals surface area contributed by atoms with Gasteiger partial charge in [0.15, 0.2) is 5.78 Å². The van der Waals surface area contributed by atoms with Crippen LogP contribution in [0.5, 0.6) is 0 Å². The third-order valence-electron chi connectivity index (χ3n) is 5.38. The largest absolute Gasteiger partial charge is 0.340 e. The monoisotopic (exact) mass is 332 g/mol. The summed E-state index contributed by atoms with van der Waals surface area (Å²) in [5.41, 5.74) is 6.12. The van der Waals surface area contributed by atoms with Crippen LogP contribution in [0.25, 0.3) is 0 Å². The zero-order valence-corrected chi connectivity index (χ0v) is 14.0. The molecule has 1 aliphatic heterocycles. The summed E-state index contributed by atoms with van der Waals surface area (Å²) in [6.07, 6.45) is 6.16. The van der Waals surface area contributed by atoms with Crippen molar-refractivity contribution >= 4 is 11.7 Å². The van der Waals surface area contributed by atoms with Gasteiger partial charge in [0.1, 0.15) is 5.82 Å². The number of nitrogens with two attached hydrogens (primary N) is 1. The lowest BCUT2D eigenvalue weighted by Gasteiger charge is -2.40. The number of hydrogen-bond donors (Lipinski definition) is 1. The number of Topliss-reactive ketones (excluding diaryl/α,β-unsaturated/α-hetero) is 1. The summed E-state index contributed by atoms with van der Waals surface area (Å²) in [6.45, 7) is 1.10. The summed E-state index contributed by atoms with van der Waals surface area (Å²) in [5.74, 6) is -0.587. The van der Waals surface area contributed by atoms with Gasteiger partial charge in [-0.25, -0.2) is 4.39 Å². The first-order chi connectivity index (χ1) is 11.5. The fourth-order valence-corrected chi connectivity index (χ4v) is 3.94. The second-order valence-electron chi connectivity index (χ2n) is 7.18. The Morgan fingerprint density at radius 2 is 1.75 bits per heavy atom. The summed E-state index contributed by atoms with van der Waals surface area (Å²) in [6, 6.07) is 5.64. The zero-order chi connectivity index (χ0) is 17.2. The van der Waals surface area contributed by atoms with Crippen LogP contribution in [0, 0.1) is 11.7 Å². The average Bonchev–Trinajstić information content (AvgIpc) is 2.62. The van der Waals surface area contributed by atoms with Crippen molar-refractivity contribution in [2.24, 2.45) is 11.7 Å². The standard InChI is InChI=1S/C19H25FN2O2/c20-16-8-6-14(7-9-16)17(23)15-5-4-12-22(13-15)18(24)19(21)10-2-1-3-11-19/h6-9,15H,1-5,10-13,21H2. The van der Waals surface area contributed by atoms with Crippen molar-refractivity contribution in [3.05, 3.63) is 35.6 Å². The molecular formula is C19H25FN2O2. The maximum atomic E-state index is 13.0. The number of carbonyl (C=O) groups excluding carboxylic acids is 2. The van der Waals surface area contributed by atoms with Gasteiger partial charge in [0.05, 0.1) is 5.54 Å². The number of piperidine rings is 1. The molecule has 1 amide bonds. The highest BCUT2D eigenvalue weighted by atomic mass is 19.1. The van der Waals surface area contributed by atoms with E-state index in [1.54, 1.807) is 4.90 Å². The van der Waals surface area contributed by atoms with Crippen LogP contribution in [0.4, 0.5) is 4.39 Å². The lowest BCUT2D eigenvalue weighted by molar-refractivity contribution is -0.139. The van der Waals surface area contributed by atoms with Gasteiger partial charge in [-0.1, -0.05) is 19.3 Å². The topological polar surface area (TPSA) is 63.4 Å². The van der Waals surface area contributed by atoms with E-state index in [0.29, 0.717) is 18.7 Å². The SMILES string of the molecule is NC1(C(=O)N2CCCC(C(=O)c3ccc(F)cc3)C2)CCCCC1. The van der Waals surface area contributed by atoms with Gasteiger partial charge in [-0.2, -0.15) is 0 Å². The summed E-state index contributed by atoms with van der Waals surface area (Å²) in [4.78, 5) is 27.3. The van der Waals surface area contributed by atoms with Crippen molar-refractivity contribution in [1.82, 2.24) is 4.90 Å². The van der Waals surface area contributed by atoms with Crippen LogP contribution in [0.3, 0.4) is 0 Å². The van der Waals surface area contributed by atoms with Gasteiger partial charge in [0.25, 0.3) is 0 Å². The third-order valence-corrected chi connectivity index (χ3v) is 5.38. The molecule has 0 spiro atoms. The van der Waals surface area contributed by atoms with E-state index >= 15 is 0 Å². The van der Waals surface area contributed by atoms with Crippen LogP contribution in [-0.4, -0.2) is 35.2 Å². The van der Waals surface area contributed by atoms with Crippen molar-refractivity contribution in [3.63, 3.8) is 0 Å². The molecule has 1 aromatic rings. The first-order valence-corrected chi connectivity index (χ1v) is 8.88. The van der Waals surface area contributed by atoms with Gasteiger partial charge in [0, 0.05) is 24.6 Å². The Hall–Kier alpha value is -1.75. The van der Waals surface area contributed by atoms with Crippen molar-refractivity contribution < 1.29 is 14.0 Å². The van der Waals surface area contributed by atoms with E-state index in [1.807, 2.05) is 0 Å². The van der Waals surface area contributed by atoms with E-state index in [9.17, 15) is 14.0 Å². The molecule has 3 rings (SSSR count). The molecule has 1 heterocycles. The van der Waals surface area contributed by atoms with Gasteiger partial charge in [-0.05, 0) is 49.9 Å². The molecule has 130 valence electrons. The number of rotatable bonds is 3. The maximum Gasteiger partial charge on any atom is 0.242 e. The van der Waals surface area contributed by atoms with Crippen LogP contribution in [-0.2, 0) is 4.79 Å². The molecular weight excluding hydrogens is 307 g/mol. The normalized spacial score (nSPS) is 23.8. The zero-order valence-electron chi connectivity index (χ0n) is 14.0. The van der Waals surface area contributed by atoms with E-state index in [-0.39, 0.29) is 23.4 Å². The average molecular weight is 332 g/mol. The van der Waals surface area contributed by atoms with Crippen LogP contribution in [0.15, 0.2) is 24.3 Å². The molecule has 1 unspecified atom stereocenters. The molecule has 0 bridgehead atoms. The Kier molecular flexibility index (Phi) is 4.99. The van der Waals surface area contributed by atoms with Gasteiger partial charge < -0.3 is 10.6 Å². The van der Waals surface area contributed by atoms with Crippen LogP contribution in [0.1, 0.15) is 55.3 Å². The maximum absolute atomic E-state index is 13.0. The summed E-state index contributed by atoms with van der Waals surface area (Å²) in [7, 11) is 0. The lowest BCUT2D eigenvalue weighted by atomic mass is 9.80. The first-order valence-electron chi connectivity index (χ1n) is 8.88. The second-order valence-corrected chi connectivity index (χ2v) is 7.18. The molecule has 1 aromatic carbocycles. The summed E-state index contributed by atoms with van der Waals surface area (Å²) >= 11 is 0. The molecule has 1 aliphatic carbocycles. The van der Waals surface area contributed by atoms with Gasteiger partial charge >= 0.3 is 0 Å². The van der Waals surface area contributed by atoms with E-state index < -0.39 is 5.54 Å². The second kappa shape index (κ2) is 7.01. The highest BCUT2D eigenvalue weighted by Crippen LogP contribution is 2.30. The molecule has 1 atom stereocenters. The Morgan fingerprint density at radius 3 is 2.42 bits per heavy atom. The number of hydrogen-bond acceptors (Lipinski definition) is 3. The minimum atomic E-state index is -0.751. The van der Waals surface area contributed by atoms with Crippen molar-refractivity contribution in [2.75, 3.05) is 13.1 Å². The molecule has 24 heavy (non-hydrogen) atoms. The number of likely N-dealkylation sites (tertiary alicyclic amines) is 1. The quantitative estimate of drug-likeness (QED) is 0.866. The number of carbonyl (C=O) groups is 2. The minimum absolute atomic E-state index is 0.00111. The van der Waals surface area contributed by atoms with Crippen molar-refractivity contribution in [1.29, 1.82) is 0 Å². The Labute approximate surface area is 142 Å². The Bertz CT molecular complexity index is 608. The van der Waals surface area contributed by atoms with Crippen molar-refractivity contribution in [3.8, 4) is 0 Å². The molecule has 2 N–H and O–H groups in total. The van der Waals surface area contributed by atoms with Gasteiger partial charge in [-0.15, -0.1) is 0 Å². The van der Waals surface area contributed by atoms with E-state index in [1.165, 1.54) is 24.3 Å². The molecule has 1 saturated carbocycles. The van der Waals surface area contributed by atoms with Gasteiger partial charge in [0.2, 0.25) is 5.91 Å². The smallest absolute Gasteiger partial charge is 0.242 e. The number of benzene rings is 1.